The Balaban J connectivity index is 1.57. The molecule has 0 radical (unpaired) electrons. The number of aryl methyl sites for hydroxylation is 4. The first kappa shape index (κ1) is 59.0. The Kier molecular flexibility index (Phi) is 20.0. The molecule has 2 N–H and O–H groups in total. The van der Waals surface area contributed by atoms with E-state index in [1.807, 2.05) is 0 Å². The average Bonchev–Trinajstić information content (AvgIpc) is 4.19. The molecule has 0 amide bonds. The Labute approximate surface area is 474 Å². The number of hydrogen-bond acceptors (Lipinski definition) is 3. The average molecular weight is 1050 g/mol. The number of nitrogens with one attached hydrogen (secondary N) is 2. The zero-order chi connectivity index (χ0) is 55.7. The van der Waals surface area contributed by atoms with Gasteiger partial charge in [-0.1, -0.05) is 177 Å². The highest BCUT2D eigenvalue weighted by Gasteiger charge is 2.29. The molecule has 6 heterocycles. The van der Waals surface area contributed by atoms with Gasteiger partial charge < -0.3 is 14.9 Å². The van der Waals surface area contributed by atoms with Gasteiger partial charge in [0.05, 0.1) is 33.8 Å². The number of allylic oxidation sites excluding steroid dienone is 4. The number of anilines is 1. The summed E-state index contributed by atoms with van der Waals surface area (Å²) in [5.41, 5.74) is 29.2. The number of unbranched alkanes of at least 4 members (excludes halogenated alkanes) is 12. The molecule has 3 aliphatic heterocycles. The van der Waals surface area contributed by atoms with E-state index in [-0.39, 0.29) is 10.8 Å². The number of benzene rings is 2. The highest BCUT2D eigenvalue weighted by Crippen LogP contribution is 2.46. The number of piperidine rings is 1. The van der Waals surface area contributed by atoms with Crippen molar-refractivity contribution in [2.45, 2.75) is 255 Å². The van der Waals surface area contributed by atoms with Gasteiger partial charge in [-0.3, -0.25) is 0 Å². The van der Waals surface area contributed by atoms with Crippen LogP contribution in [0.4, 0.5) is 5.69 Å². The molecule has 5 aromatic rings. The van der Waals surface area contributed by atoms with Crippen LogP contribution in [0.15, 0.2) is 54.6 Å². The van der Waals surface area contributed by atoms with Crippen LogP contribution in [0.5, 0.6) is 0 Å². The lowest BCUT2D eigenvalue weighted by molar-refractivity contribution is 0.569. The zero-order valence-electron chi connectivity index (χ0n) is 51.7. The fraction of sp³-hybridized carbons (Fsp3) is 0.562. The molecule has 1 fully saturated rings. The van der Waals surface area contributed by atoms with Crippen LogP contribution < -0.4 is 4.90 Å². The molecule has 0 aliphatic carbocycles. The quantitative estimate of drug-likeness (QED) is 0.0641. The normalized spacial score (nSPS) is 14.4. The molecule has 2 aromatic carbocycles. The summed E-state index contributed by atoms with van der Waals surface area (Å²) in [4.78, 5) is 23.2. The molecular weight excluding hydrogens is 947 g/mol. The highest BCUT2D eigenvalue weighted by molar-refractivity contribution is 6.03. The van der Waals surface area contributed by atoms with Crippen molar-refractivity contribution in [1.29, 1.82) is 0 Å². The van der Waals surface area contributed by atoms with Crippen molar-refractivity contribution in [2.75, 3.05) is 18.0 Å². The lowest BCUT2D eigenvalue weighted by Gasteiger charge is -2.29. The van der Waals surface area contributed by atoms with Gasteiger partial charge >= 0.3 is 0 Å². The number of H-pyrrole nitrogens is 2. The standard InChI is InChI=1S/C73H103N5/c1-15-19-23-28-34-58-49(5)68-66(53-38-40-57(41-39-53)78-42-32-27-33-43-78)69-50(6)59(35-29-24-20-16-2)63(75-69)48-65-61(37-31-26-22-18-4)52(8)71(77-65)67(54-44-55(72(9,10)11)46-56(45-54)73(12,13)14)70-51(7)60(36-30-25-21-17-3)64(76-70)47-62(58)74-68/h38-41,44-48,76-77H,15-37,42-43H2,1-14H3. The highest BCUT2D eigenvalue weighted by atomic mass is 15.1. The first-order valence-electron chi connectivity index (χ1n) is 31.7. The molecule has 78 heavy (non-hydrogen) atoms. The maximum absolute atomic E-state index is 5.97. The minimum Gasteiger partial charge on any atom is -0.372 e. The summed E-state index contributed by atoms with van der Waals surface area (Å²) >= 11 is 0. The molecule has 8 bridgehead atoms. The maximum Gasteiger partial charge on any atom is 0.0769 e. The van der Waals surface area contributed by atoms with Gasteiger partial charge in [0, 0.05) is 40.9 Å². The lowest BCUT2D eigenvalue weighted by atomic mass is 9.78. The van der Waals surface area contributed by atoms with Gasteiger partial charge in [0.2, 0.25) is 0 Å². The minimum atomic E-state index is -0.0402. The Morgan fingerprint density at radius 2 is 0.859 bits per heavy atom. The topological polar surface area (TPSA) is 60.6 Å². The molecule has 3 aliphatic rings. The van der Waals surface area contributed by atoms with Gasteiger partial charge in [-0.2, -0.15) is 0 Å². The molecule has 3 aromatic heterocycles. The molecule has 1 saturated heterocycles. The number of nitrogens with zero attached hydrogens (tertiary/aromatic N) is 3. The molecule has 8 rings (SSSR count). The lowest BCUT2D eigenvalue weighted by Crippen LogP contribution is -2.29. The molecular formula is C73H103N5. The number of fused-ring (bicyclic) bond motifs is 8. The van der Waals surface area contributed by atoms with Gasteiger partial charge in [0.15, 0.2) is 0 Å². The van der Waals surface area contributed by atoms with E-state index in [4.69, 9.17) is 9.97 Å². The van der Waals surface area contributed by atoms with Crippen molar-refractivity contribution in [3.05, 3.63) is 111 Å². The van der Waals surface area contributed by atoms with Crippen molar-refractivity contribution in [1.82, 2.24) is 19.9 Å². The number of aromatic nitrogens is 4. The van der Waals surface area contributed by atoms with Gasteiger partial charge in [0.1, 0.15) is 0 Å². The van der Waals surface area contributed by atoms with Crippen LogP contribution in [0, 0.1) is 13.8 Å². The second kappa shape index (κ2) is 26.4. The van der Waals surface area contributed by atoms with Crippen molar-refractivity contribution < 1.29 is 0 Å². The Hall–Kier alpha value is -5.16. The third kappa shape index (κ3) is 13.4. The van der Waals surface area contributed by atoms with Crippen LogP contribution in [0.3, 0.4) is 0 Å². The molecule has 0 saturated carbocycles. The second-order valence-electron chi connectivity index (χ2n) is 26.1. The maximum atomic E-state index is 5.97. The summed E-state index contributed by atoms with van der Waals surface area (Å²) in [6.45, 7) is 35.5. The summed E-state index contributed by atoms with van der Waals surface area (Å²) in [5.74, 6) is 0. The number of rotatable bonds is 23. The molecule has 0 atom stereocenters. The van der Waals surface area contributed by atoms with E-state index in [1.165, 1.54) is 202 Å². The summed E-state index contributed by atoms with van der Waals surface area (Å²) in [6.07, 6.45) is 27.4. The first-order chi connectivity index (χ1) is 37.5. The van der Waals surface area contributed by atoms with E-state index in [9.17, 15) is 0 Å². The van der Waals surface area contributed by atoms with Gasteiger partial charge in [0.25, 0.3) is 0 Å². The van der Waals surface area contributed by atoms with Crippen molar-refractivity contribution in [2.24, 2.45) is 0 Å². The summed E-state index contributed by atoms with van der Waals surface area (Å²) in [6, 6.07) is 22.1. The molecule has 0 spiro atoms. The summed E-state index contributed by atoms with van der Waals surface area (Å²) in [7, 11) is 0. The predicted molar refractivity (Wildman–Crippen MR) is 343 cm³/mol. The van der Waals surface area contributed by atoms with E-state index in [0.717, 1.165) is 87.2 Å². The van der Waals surface area contributed by atoms with Gasteiger partial charge in [-0.15, -0.1) is 0 Å². The first-order valence-corrected chi connectivity index (χ1v) is 31.7. The largest absolute Gasteiger partial charge is 0.372 e. The van der Waals surface area contributed by atoms with Crippen LogP contribution in [0.25, 0.3) is 66.6 Å². The third-order valence-electron chi connectivity index (χ3n) is 18.0. The van der Waals surface area contributed by atoms with Crippen LogP contribution in [0.2, 0.25) is 0 Å². The Bertz CT molecular complexity index is 2920. The monoisotopic (exact) mass is 1050 g/mol. The summed E-state index contributed by atoms with van der Waals surface area (Å²) < 4.78 is 0. The molecule has 420 valence electrons. The van der Waals surface area contributed by atoms with Crippen LogP contribution in [-0.2, 0) is 23.7 Å². The zero-order valence-corrected chi connectivity index (χ0v) is 51.7. The van der Waals surface area contributed by atoms with E-state index >= 15 is 0 Å². The smallest absolute Gasteiger partial charge is 0.0769 e. The van der Waals surface area contributed by atoms with Crippen LogP contribution in [-0.4, -0.2) is 33.0 Å². The third-order valence-corrected chi connectivity index (χ3v) is 18.0. The summed E-state index contributed by atoms with van der Waals surface area (Å²) in [5, 5.41) is 0. The SMILES string of the molecule is CCCCCCC1=C(C)c2nc1cc1[nH]c(c(C)c1CCCCCC)c(-c1cc(C(C)(C)C)cc(C(C)(C)C)c1)c1[nH]c(cc3nc(c2-c2ccc(N4CCCCC4)cc2)C(C)=C3CCCCCC)c(CCCCCC)c1C. The van der Waals surface area contributed by atoms with Crippen molar-refractivity contribution in [3.8, 4) is 22.3 Å². The Morgan fingerprint density at radius 3 is 1.26 bits per heavy atom. The van der Waals surface area contributed by atoms with Gasteiger partial charge in [-0.25, -0.2) is 9.97 Å². The van der Waals surface area contributed by atoms with Crippen LogP contribution in [0.1, 0.15) is 274 Å². The van der Waals surface area contributed by atoms with Crippen molar-refractivity contribution in [3.63, 3.8) is 0 Å². The van der Waals surface area contributed by atoms with E-state index in [1.54, 1.807) is 0 Å². The van der Waals surface area contributed by atoms with Gasteiger partial charge in [-0.05, 0) is 200 Å². The Morgan fingerprint density at radius 1 is 0.449 bits per heavy atom. The fourth-order valence-electron chi connectivity index (χ4n) is 12.9. The van der Waals surface area contributed by atoms with Crippen LogP contribution >= 0.6 is 0 Å². The second-order valence-corrected chi connectivity index (χ2v) is 26.1. The van der Waals surface area contributed by atoms with E-state index in [2.05, 4.69) is 166 Å². The molecule has 5 heteroatoms. The number of hydrogen-bond donors (Lipinski definition) is 2. The predicted octanol–water partition coefficient (Wildman–Crippen LogP) is 21.9. The fourth-order valence-corrected chi connectivity index (χ4v) is 12.9. The molecule has 5 nitrogen and oxygen atoms in total. The van der Waals surface area contributed by atoms with Crippen molar-refractivity contribution >= 4 is 50.0 Å². The molecule has 0 unspecified atom stereocenters. The van der Waals surface area contributed by atoms with E-state index < -0.39 is 0 Å². The number of aromatic amines is 2. The van der Waals surface area contributed by atoms with E-state index in [0.29, 0.717) is 0 Å². The minimum absolute atomic E-state index is 0.0402.